The number of nitrogens with one attached hydrogen (secondary N) is 1. The molecule has 1 heterocycles. The van der Waals surface area contributed by atoms with Gasteiger partial charge in [-0.1, -0.05) is 19.9 Å². The van der Waals surface area contributed by atoms with E-state index in [-0.39, 0.29) is 18.0 Å². The van der Waals surface area contributed by atoms with E-state index in [1.165, 1.54) is 12.1 Å². The molecule has 2 aromatic rings. The first-order valence-electron chi connectivity index (χ1n) is 6.55. The van der Waals surface area contributed by atoms with E-state index in [1.807, 2.05) is 0 Å². The zero-order valence-electron chi connectivity index (χ0n) is 11.7. The molecular weight excluding hydrogens is 283 g/mol. The van der Waals surface area contributed by atoms with Gasteiger partial charge in [-0.05, 0) is 18.1 Å². The number of rotatable bonds is 4. The van der Waals surface area contributed by atoms with Gasteiger partial charge in [-0.25, -0.2) is 0 Å². The average molecular weight is 299 g/mol. The Labute approximate surface area is 119 Å². The third-order valence-electron chi connectivity index (χ3n) is 2.93. The molecule has 0 aliphatic rings. The van der Waals surface area contributed by atoms with E-state index in [4.69, 9.17) is 0 Å². The number of amides is 1. The maximum absolute atomic E-state index is 12.6. The third kappa shape index (κ3) is 3.96. The zero-order valence-corrected chi connectivity index (χ0v) is 11.7. The van der Waals surface area contributed by atoms with Crippen molar-refractivity contribution in [1.29, 1.82) is 0 Å². The van der Waals surface area contributed by atoms with Gasteiger partial charge in [0, 0.05) is 17.5 Å². The van der Waals surface area contributed by atoms with Crippen LogP contribution in [-0.2, 0) is 0 Å². The molecule has 21 heavy (non-hydrogen) atoms. The third-order valence-corrected chi connectivity index (χ3v) is 2.93. The lowest BCUT2D eigenvalue weighted by Gasteiger charge is -2.25. The van der Waals surface area contributed by atoms with Gasteiger partial charge in [-0.15, -0.1) is 0 Å². The Hall–Kier alpha value is -2.05. The van der Waals surface area contributed by atoms with Crippen molar-refractivity contribution in [3.05, 3.63) is 30.0 Å². The van der Waals surface area contributed by atoms with Gasteiger partial charge in [-0.3, -0.25) is 9.89 Å². The Morgan fingerprint density at radius 3 is 2.71 bits per heavy atom. The number of H-pyrrole nitrogens is 1. The summed E-state index contributed by atoms with van der Waals surface area (Å²) in [5, 5.41) is 7.33. The van der Waals surface area contributed by atoms with Gasteiger partial charge >= 0.3 is 6.18 Å². The van der Waals surface area contributed by atoms with E-state index >= 15 is 0 Å². The van der Waals surface area contributed by atoms with Crippen LogP contribution in [0.5, 0.6) is 0 Å². The highest BCUT2D eigenvalue weighted by Crippen LogP contribution is 2.20. The number of aromatic amines is 1. The molecule has 0 aliphatic carbocycles. The number of nitrogens with zero attached hydrogens (tertiary/aromatic N) is 2. The number of benzene rings is 1. The topological polar surface area (TPSA) is 49.0 Å². The summed E-state index contributed by atoms with van der Waals surface area (Å²) in [5.74, 6) is -0.676. The van der Waals surface area contributed by atoms with Crippen LogP contribution in [0.4, 0.5) is 13.2 Å². The quantitative estimate of drug-likeness (QED) is 0.942. The highest BCUT2D eigenvalue weighted by atomic mass is 19.4. The molecule has 0 fully saturated rings. The summed E-state index contributed by atoms with van der Waals surface area (Å²) in [6.07, 6.45) is -2.83. The van der Waals surface area contributed by atoms with Crippen molar-refractivity contribution in [2.45, 2.75) is 20.0 Å². The van der Waals surface area contributed by atoms with Gasteiger partial charge < -0.3 is 4.90 Å². The Balaban J connectivity index is 2.27. The normalized spacial score (nSPS) is 12.1. The molecule has 2 rings (SSSR count). The lowest BCUT2D eigenvalue weighted by atomic mass is 10.1. The van der Waals surface area contributed by atoms with E-state index in [0.29, 0.717) is 5.52 Å². The lowest BCUT2D eigenvalue weighted by Crippen LogP contribution is -2.41. The summed E-state index contributed by atoms with van der Waals surface area (Å²) < 4.78 is 37.9. The number of carbonyl (C=O) groups excluding carboxylic acids is 1. The van der Waals surface area contributed by atoms with Crippen LogP contribution in [0.15, 0.2) is 24.4 Å². The molecule has 4 nitrogen and oxygen atoms in total. The Morgan fingerprint density at radius 1 is 1.38 bits per heavy atom. The molecule has 1 aromatic carbocycles. The molecule has 7 heteroatoms. The predicted octanol–water partition coefficient (Wildman–Crippen LogP) is 3.22. The molecule has 0 radical (unpaired) electrons. The first kappa shape index (κ1) is 15.3. The molecule has 1 amide bonds. The summed E-state index contributed by atoms with van der Waals surface area (Å²) in [4.78, 5) is 13.2. The summed E-state index contributed by atoms with van der Waals surface area (Å²) in [6.45, 7) is 2.36. The van der Waals surface area contributed by atoms with Crippen LogP contribution in [0, 0.1) is 5.92 Å². The maximum atomic E-state index is 12.6. The number of carbonyl (C=O) groups is 1. The van der Waals surface area contributed by atoms with E-state index in [9.17, 15) is 18.0 Å². The van der Waals surface area contributed by atoms with Crippen molar-refractivity contribution in [3.8, 4) is 0 Å². The first-order chi connectivity index (χ1) is 9.76. The summed E-state index contributed by atoms with van der Waals surface area (Å²) in [6, 6.07) is 4.70. The molecule has 0 saturated carbocycles. The molecule has 0 unspecified atom stereocenters. The highest BCUT2D eigenvalue weighted by molar-refractivity contribution is 5.97. The van der Waals surface area contributed by atoms with Crippen LogP contribution in [0.3, 0.4) is 0 Å². The van der Waals surface area contributed by atoms with Crippen molar-refractivity contribution in [2.24, 2.45) is 5.92 Å². The smallest absolute Gasteiger partial charge is 0.329 e. The van der Waals surface area contributed by atoms with E-state index < -0.39 is 18.6 Å². The van der Waals surface area contributed by atoms with Crippen molar-refractivity contribution in [1.82, 2.24) is 15.1 Å². The molecule has 1 aromatic heterocycles. The largest absolute Gasteiger partial charge is 0.406 e. The van der Waals surface area contributed by atoms with Crippen molar-refractivity contribution in [2.75, 3.05) is 13.1 Å². The van der Waals surface area contributed by atoms with Crippen LogP contribution < -0.4 is 0 Å². The summed E-state index contributed by atoms with van der Waals surface area (Å²) >= 11 is 0. The predicted molar refractivity (Wildman–Crippen MR) is 72.9 cm³/mol. The maximum Gasteiger partial charge on any atom is 0.406 e. The van der Waals surface area contributed by atoms with Crippen LogP contribution in [0.2, 0.25) is 0 Å². The van der Waals surface area contributed by atoms with Crippen LogP contribution in [0.1, 0.15) is 24.2 Å². The van der Waals surface area contributed by atoms with Gasteiger partial charge in [0.2, 0.25) is 0 Å². The minimum atomic E-state index is -4.41. The minimum Gasteiger partial charge on any atom is -0.329 e. The number of aromatic nitrogens is 2. The van der Waals surface area contributed by atoms with Gasteiger partial charge in [0.05, 0.1) is 11.7 Å². The fourth-order valence-electron chi connectivity index (χ4n) is 2.13. The van der Waals surface area contributed by atoms with E-state index in [2.05, 4.69) is 10.2 Å². The van der Waals surface area contributed by atoms with Gasteiger partial charge in [-0.2, -0.15) is 18.3 Å². The second-order valence-electron chi connectivity index (χ2n) is 5.37. The first-order valence-corrected chi connectivity index (χ1v) is 6.55. The molecule has 0 saturated heterocycles. The Morgan fingerprint density at radius 2 is 2.10 bits per heavy atom. The highest BCUT2D eigenvalue weighted by Gasteiger charge is 2.33. The van der Waals surface area contributed by atoms with E-state index in [1.54, 1.807) is 26.1 Å². The second kappa shape index (κ2) is 5.75. The zero-order chi connectivity index (χ0) is 15.6. The fourth-order valence-corrected chi connectivity index (χ4v) is 2.13. The Bertz CT molecular complexity index is 634. The number of halogens is 3. The second-order valence-corrected chi connectivity index (χ2v) is 5.37. The summed E-state index contributed by atoms with van der Waals surface area (Å²) in [5.41, 5.74) is 0.842. The lowest BCUT2D eigenvalue weighted by molar-refractivity contribution is -0.141. The fraction of sp³-hybridized carbons (Fsp3) is 0.429. The molecule has 0 bridgehead atoms. The summed E-state index contributed by atoms with van der Waals surface area (Å²) in [7, 11) is 0. The van der Waals surface area contributed by atoms with Crippen LogP contribution >= 0.6 is 0 Å². The monoisotopic (exact) mass is 299 g/mol. The van der Waals surface area contributed by atoms with Crippen LogP contribution in [0.25, 0.3) is 10.9 Å². The van der Waals surface area contributed by atoms with Gasteiger partial charge in [0.1, 0.15) is 6.54 Å². The molecule has 1 N–H and O–H groups in total. The molecule has 0 atom stereocenters. The molecule has 0 spiro atoms. The van der Waals surface area contributed by atoms with Gasteiger partial charge in [0.25, 0.3) is 5.91 Å². The Kier molecular flexibility index (Phi) is 4.20. The van der Waals surface area contributed by atoms with Gasteiger partial charge in [0.15, 0.2) is 0 Å². The number of hydrogen-bond acceptors (Lipinski definition) is 2. The average Bonchev–Trinajstić information content (AvgIpc) is 2.81. The SMILES string of the molecule is CC(C)CN(CC(F)(F)F)C(=O)c1ccc2cn[nH]c2c1. The minimum absolute atomic E-state index is 0.0489. The molecular formula is C14H16F3N3O. The number of hydrogen-bond donors (Lipinski definition) is 1. The number of alkyl halides is 3. The van der Waals surface area contributed by atoms with Crippen molar-refractivity contribution >= 4 is 16.8 Å². The molecule has 114 valence electrons. The standard InChI is InChI=1S/C14H16F3N3O/c1-9(2)7-20(8-14(15,16)17)13(21)10-3-4-11-6-18-19-12(11)5-10/h3-6,9H,7-8H2,1-2H3,(H,18,19). The van der Waals surface area contributed by atoms with Crippen molar-refractivity contribution in [3.63, 3.8) is 0 Å². The van der Waals surface area contributed by atoms with Crippen LogP contribution in [-0.4, -0.2) is 40.3 Å². The van der Waals surface area contributed by atoms with Crippen molar-refractivity contribution < 1.29 is 18.0 Å². The molecule has 0 aliphatic heterocycles. The van der Waals surface area contributed by atoms with E-state index in [0.717, 1.165) is 10.3 Å². The number of fused-ring (bicyclic) bond motifs is 1.